The van der Waals surface area contributed by atoms with Crippen LogP contribution in [0.15, 0.2) is 12.4 Å². The van der Waals surface area contributed by atoms with Crippen molar-refractivity contribution in [3.63, 3.8) is 0 Å². The van der Waals surface area contributed by atoms with Crippen molar-refractivity contribution in [2.24, 2.45) is 5.73 Å². The molecule has 0 aliphatic rings. The number of carbonyl (C=O) groups excluding carboxylic acids is 1. The molecule has 0 radical (unpaired) electrons. The van der Waals surface area contributed by atoms with Gasteiger partial charge < -0.3 is 15.6 Å². The van der Waals surface area contributed by atoms with Crippen molar-refractivity contribution in [2.75, 3.05) is 0 Å². The first kappa shape index (κ1) is 12.7. The lowest BCUT2D eigenvalue weighted by Crippen LogP contribution is -2.36. The van der Waals surface area contributed by atoms with Crippen LogP contribution in [0.2, 0.25) is 0 Å². The summed E-state index contributed by atoms with van der Waals surface area (Å²) in [6.07, 6.45) is 5.34. The van der Waals surface area contributed by atoms with E-state index in [0.29, 0.717) is 13.1 Å². The summed E-state index contributed by atoms with van der Waals surface area (Å²) < 4.78 is 1.78. The van der Waals surface area contributed by atoms with Crippen molar-refractivity contribution < 1.29 is 4.79 Å². The third-order valence-electron chi connectivity index (χ3n) is 2.65. The van der Waals surface area contributed by atoms with Gasteiger partial charge in [-0.15, -0.1) is 0 Å². The van der Waals surface area contributed by atoms with Crippen LogP contribution in [0.1, 0.15) is 32.5 Å². The Morgan fingerprint density at radius 2 is 2.25 bits per heavy atom. The molecule has 5 nitrogen and oxygen atoms in total. The number of amides is 1. The fourth-order valence-corrected chi connectivity index (χ4v) is 1.59. The summed E-state index contributed by atoms with van der Waals surface area (Å²) >= 11 is 0. The molecule has 0 aliphatic carbocycles. The van der Waals surface area contributed by atoms with Crippen LogP contribution in [0.4, 0.5) is 0 Å². The number of hydrogen-bond donors (Lipinski definition) is 2. The zero-order valence-electron chi connectivity index (χ0n) is 9.94. The molecule has 0 bridgehead atoms. The minimum atomic E-state index is 0.0152. The zero-order chi connectivity index (χ0) is 12.0. The van der Waals surface area contributed by atoms with Gasteiger partial charge in [-0.05, 0) is 12.8 Å². The summed E-state index contributed by atoms with van der Waals surface area (Å²) in [6, 6.07) is 0.261. The molecule has 1 aromatic heterocycles. The van der Waals surface area contributed by atoms with E-state index >= 15 is 0 Å². The number of nitrogens with zero attached hydrogens (tertiary/aromatic N) is 2. The Bertz CT molecular complexity index is 330. The van der Waals surface area contributed by atoms with Gasteiger partial charge in [0.2, 0.25) is 5.91 Å². The molecule has 0 spiro atoms. The summed E-state index contributed by atoms with van der Waals surface area (Å²) in [7, 11) is 0. The molecular weight excluding hydrogens is 204 g/mol. The lowest BCUT2D eigenvalue weighted by atomic mass is 10.2. The van der Waals surface area contributed by atoms with E-state index in [1.54, 1.807) is 17.0 Å². The molecule has 0 unspecified atom stereocenters. The molecule has 0 fully saturated rings. The Balaban J connectivity index is 2.51. The van der Waals surface area contributed by atoms with Gasteiger partial charge in [-0.1, -0.05) is 13.8 Å². The molecule has 90 valence electrons. The molecule has 0 aliphatic heterocycles. The Labute approximate surface area is 96.0 Å². The lowest BCUT2D eigenvalue weighted by molar-refractivity contribution is -0.122. The van der Waals surface area contributed by atoms with Gasteiger partial charge in [0.05, 0.1) is 6.54 Å². The topological polar surface area (TPSA) is 72.9 Å². The third-order valence-corrected chi connectivity index (χ3v) is 2.65. The number of imidazole rings is 1. The maximum absolute atomic E-state index is 11.7. The van der Waals surface area contributed by atoms with Crippen molar-refractivity contribution in [1.29, 1.82) is 0 Å². The number of nitrogens with one attached hydrogen (secondary N) is 1. The highest BCUT2D eigenvalue weighted by Gasteiger charge is 2.10. The molecule has 1 rings (SSSR count). The monoisotopic (exact) mass is 224 g/mol. The van der Waals surface area contributed by atoms with Crippen molar-refractivity contribution >= 4 is 5.91 Å². The highest BCUT2D eigenvalue weighted by molar-refractivity contribution is 5.76. The first-order chi connectivity index (χ1) is 7.71. The minimum absolute atomic E-state index is 0.0152. The van der Waals surface area contributed by atoms with Crippen LogP contribution in [0.3, 0.4) is 0 Å². The van der Waals surface area contributed by atoms with E-state index in [1.165, 1.54) is 0 Å². The summed E-state index contributed by atoms with van der Waals surface area (Å²) in [6.45, 7) is 4.78. The van der Waals surface area contributed by atoms with E-state index in [4.69, 9.17) is 5.73 Å². The molecule has 16 heavy (non-hydrogen) atoms. The van der Waals surface area contributed by atoms with E-state index in [0.717, 1.165) is 18.7 Å². The molecule has 1 aromatic rings. The average Bonchev–Trinajstić information content (AvgIpc) is 2.73. The van der Waals surface area contributed by atoms with Crippen LogP contribution in [-0.2, 0) is 17.9 Å². The fraction of sp³-hybridized carbons (Fsp3) is 0.636. The largest absolute Gasteiger partial charge is 0.352 e. The van der Waals surface area contributed by atoms with Gasteiger partial charge in [0, 0.05) is 18.4 Å². The SMILES string of the molecule is CCC(CC)NC(=O)Cn1ccnc1CN. The number of hydrogen-bond acceptors (Lipinski definition) is 3. The van der Waals surface area contributed by atoms with Crippen molar-refractivity contribution in [3.05, 3.63) is 18.2 Å². The number of rotatable bonds is 6. The predicted octanol–water partition coefficient (Wildman–Crippen LogP) is 0.647. The van der Waals surface area contributed by atoms with Gasteiger partial charge in [-0.25, -0.2) is 4.98 Å². The van der Waals surface area contributed by atoms with E-state index in [2.05, 4.69) is 24.1 Å². The Morgan fingerprint density at radius 3 is 2.81 bits per heavy atom. The van der Waals surface area contributed by atoms with Crippen molar-refractivity contribution in [1.82, 2.24) is 14.9 Å². The third kappa shape index (κ3) is 3.34. The molecular formula is C11H20N4O. The van der Waals surface area contributed by atoms with Gasteiger partial charge in [-0.3, -0.25) is 4.79 Å². The van der Waals surface area contributed by atoms with Gasteiger partial charge in [0.25, 0.3) is 0 Å². The smallest absolute Gasteiger partial charge is 0.240 e. The van der Waals surface area contributed by atoms with Crippen molar-refractivity contribution in [2.45, 2.75) is 45.8 Å². The maximum Gasteiger partial charge on any atom is 0.240 e. The Hall–Kier alpha value is -1.36. The molecule has 0 atom stereocenters. The molecule has 1 amide bonds. The average molecular weight is 224 g/mol. The molecule has 3 N–H and O–H groups in total. The van der Waals surface area contributed by atoms with Crippen LogP contribution in [0, 0.1) is 0 Å². The molecule has 0 saturated heterocycles. The number of nitrogens with two attached hydrogens (primary N) is 1. The van der Waals surface area contributed by atoms with E-state index in [-0.39, 0.29) is 11.9 Å². The second-order valence-electron chi connectivity index (χ2n) is 3.76. The predicted molar refractivity (Wildman–Crippen MR) is 62.6 cm³/mol. The number of aromatic nitrogens is 2. The quantitative estimate of drug-likeness (QED) is 0.745. The summed E-state index contributed by atoms with van der Waals surface area (Å²) in [5.74, 6) is 0.751. The van der Waals surface area contributed by atoms with Gasteiger partial charge in [0.1, 0.15) is 12.4 Å². The molecule has 0 aromatic carbocycles. The van der Waals surface area contributed by atoms with Crippen LogP contribution in [-0.4, -0.2) is 21.5 Å². The van der Waals surface area contributed by atoms with Crippen LogP contribution >= 0.6 is 0 Å². The number of carbonyl (C=O) groups is 1. The molecule has 5 heteroatoms. The Kier molecular flexibility index (Phi) is 4.98. The highest BCUT2D eigenvalue weighted by Crippen LogP contribution is 1.99. The minimum Gasteiger partial charge on any atom is -0.352 e. The summed E-state index contributed by atoms with van der Waals surface area (Å²) in [4.78, 5) is 15.8. The van der Waals surface area contributed by atoms with Crippen molar-refractivity contribution in [3.8, 4) is 0 Å². The van der Waals surface area contributed by atoms with Crippen LogP contribution in [0.5, 0.6) is 0 Å². The Morgan fingerprint density at radius 1 is 1.56 bits per heavy atom. The first-order valence-corrected chi connectivity index (χ1v) is 5.70. The van der Waals surface area contributed by atoms with Gasteiger partial charge >= 0.3 is 0 Å². The summed E-state index contributed by atoms with van der Waals surface area (Å²) in [5, 5.41) is 2.98. The van der Waals surface area contributed by atoms with E-state index in [1.807, 2.05) is 0 Å². The van der Waals surface area contributed by atoms with Crippen LogP contribution < -0.4 is 11.1 Å². The first-order valence-electron chi connectivity index (χ1n) is 5.70. The molecule has 1 heterocycles. The van der Waals surface area contributed by atoms with E-state index < -0.39 is 0 Å². The molecule has 0 saturated carbocycles. The van der Waals surface area contributed by atoms with E-state index in [9.17, 15) is 4.79 Å². The summed E-state index contributed by atoms with van der Waals surface area (Å²) in [5.41, 5.74) is 5.51. The maximum atomic E-state index is 11.7. The normalized spacial score (nSPS) is 10.8. The van der Waals surface area contributed by atoms with Gasteiger partial charge in [-0.2, -0.15) is 0 Å². The fourth-order valence-electron chi connectivity index (χ4n) is 1.59. The second-order valence-corrected chi connectivity index (χ2v) is 3.76. The highest BCUT2D eigenvalue weighted by atomic mass is 16.2. The van der Waals surface area contributed by atoms with Gasteiger partial charge in [0.15, 0.2) is 0 Å². The standard InChI is InChI=1S/C11H20N4O/c1-3-9(4-2)14-11(16)8-15-6-5-13-10(15)7-12/h5-6,9H,3-4,7-8,12H2,1-2H3,(H,14,16). The zero-order valence-corrected chi connectivity index (χ0v) is 9.94. The second kappa shape index (κ2) is 6.27. The van der Waals surface area contributed by atoms with Crippen LogP contribution in [0.25, 0.3) is 0 Å². The lowest BCUT2D eigenvalue weighted by Gasteiger charge is -2.15.